The molecule has 104 valence electrons. The Morgan fingerprint density at radius 1 is 1.53 bits per heavy atom. The van der Waals surface area contributed by atoms with Crippen molar-refractivity contribution >= 4 is 23.0 Å². The lowest BCUT2D eigenvalue weighted by molar-refractivity contribution is 0.0368. The van der Waals surface area contributed by atoms with Crippen LogP contribution < -0.4 is 11.1 Å². The highest BCUT2D eigenvalue weighted by Gasteiger charge is 2.13. The largest absolute Gasteiger partial charge is 0.389 e. The second-order valence-electron chi connectivity index (χ2n) is 4.75. The molecule has 6 heteroatoms. The predicted molar refractivity (Wildman–Crippen MR) is 80.5 cm³/mol. The summed E-state index contributed by atoms with van der Waals surface area (Å²) in [6.07, 6.45) is 1.70. The summed E-state index contributed by atoms with van der Waals surface area (Å²) in [6, 6.07) is 4.13. The summed E-state index contributed by atoms with van der Waals surface area (Å²) in [7, 11) is 0. The zero-order chi connectivity index (χ0) is 13.7. The molecule has 0 bridgehead atoms. The van der Waals surface area contributed by atoms with E-state index in [4.69, 9.17) is 22.7 Å². The Hall–Kier alpha value is -1.24. The normalized spacial score (nSPS) is 17.9. The number of morpholine rings is 1. The van der Waals surface area contributed by atoms with Crippen molar-refractivity contribution in [3.8, 4) is 0 Å². The van der Waals surface area contributed by atoms with Crippen molar-refractivity contribution < 1.29 is 4.74 Å². The van der Waals surface area contributed by atoms with Crippen LogP contribution in [0.5, 0.6) is 0 Å². The van der Waals surface area contributed by atoms with Crippen LogP contribution in [-0.4, -0.2) is 53.8 Å². The second-order valence-corrected chi connectivity index (χ2v) is 5.19. The number of hydrogen-bond donors (Lipinski definition) is 2. The van der Waals surface area contributed by atoms with Gasteiger partial charge in [-0.2, -0.15) is 0 Å². The van der Waals surface area contributed by atoms with Crippen molar-refractivity contribution in [2.75, 3.05) is 38.2 Å². The van der Waals surface area contributed by atoms with E-state index in [9.17, 15) is 0 Å². The summed E-state index contributed by atoms with van der Waals surface area (Å²) >= 11 is 4.90. The molecule has 1 aromatic rings. The molecular formula is C13H20N4OS. The highest BCUT2D eigenvalue weighted by molar-refractivity contribution is 7.80. The van der Waals surface area contributed by atoms with Crippen molar-refractivity contribution in [2.24, 2.45) is 5.73 Å². The molecule has 5 nitrogen and oxygen atoms in total. The third-order valence-electron chi connectivity index (χ3n) is 3.08. The highest BCUT2D eigenvalue weighted by Crippen LogP contribution is 2.08. The lowest BCUT2D eigenvalue weighted by atomic mass is 10.2. The molecule has 1 atom stereocenters. The van der Waals surface area contributed by atoms with Gasteiger partial charge in [-0.25, -0.2) is 4.98 Å². The van der Waals surface area contributed by atoms with E-state index in [1.165, 1.54) is 0 Å². The van der Waals surface area contributed by atoms with Crippen LogP contribution in [0.2, 0.25) is 0 Å². The second kappa shape index (κ2) is 6.79. The molecule has 1 fully saturated rings. The van der Waals surface area contributed by atoms with Crippen LogP contribution in [0.1, 0.15) is 12.5 Å². The Balaban J connectivity index is 1.83. The van der Waals surface area contributed by atoms with Gasteiger partial charge in [0, 0.05) is 37.4 Å². The van der Waals surface area contributed by atoms with E-state index >= 15 is 0 Å². The molecule has 0 radical (unpaired) electrons. The molecule has 1 saturated heterocycles. The summed E-state index contributed by atoms with van der Waals surface area (Å²) in [5.74, 6) is 0.848. The van der Waals surface area contributed by atoms with E-state index in [0.29, 0.717) is 11.0 Å². The molecule has 0 amide bonds. The van der Waals surface area contributed by atoms with Crippen molar-refractivity contribution in [1.29, 1.82) is 0 Å². The number of pyridine rings is 1. The maximum Gasteiger partial charge on any atom is 0.126 e. The van der Waals surface area contributed by atoms with Crippen LogP contribution in [0, 0.1) is 0 Å². The summed E-state index contributed by atoms with van der Waals surface area (Å²) in [4.78, 5) is 7.08. The smallest absolute Gasteiger partial charge is 0.126 e. The van der Waals surface area contributed by atoms with Crippen LogP contribution in [0.4, 0.5) is 5.82 Å². The fraction of sp³-hybridized carbons (Fsp3) is 0.538. The molecule has 1 aromatic heterocycles. The number of thiocarbonyl (C=S) groups is 1. The predicted octanol–water partition coefficient (Wildman–Crippen LogP) is 0.848. The first-order valence-corrected chi connectivity index (χ1v) is 6.88. The molecule has 1 aliphatic heterocycles. The first-order valence-electron chi connectivity index (χ1n) is 6.47. The molecule has 0 spiro atoms. The molecule has 2 rings (SSSR count). The van der Waals surface area contributed by atoms with E-state index in [0.717, 1.165) is 44.2 Å². The number of ether oxygens (including phenoxy) is 1. The fourth-order valence-corrected chi connectivity index (χ4v) is 2.21. The molecule has 0 saturated carbocycles. The van der Waals surface area contributed by atoms with Crippen molar-refractivity contribution in [3.05, 3.63) is 23.9 Å². The Bertz CT molecular complexity index is 417. The van der Waals surface area contributed by atoms with E-state index in [1.807, 2.05) is 12.1 Å². The number of nitrogens with two attached hydrogens (primary N) is 1. The van der Waals surface area contributed by atoms with Crippen LogP contribution in [0.3, 0.4) is 0 Å². The fourth-order valence-electron chi connectivity index (χ4n) is 2.09. The monoisotopic (exact) mass is 280 g/mol. The van der Waals surface area contributed by atoms with Crippen LogP contribution in [0.15, 0.2) is 18.3 Å². The number of nitrogens with zero attached hydrogens (tertiary/aromatic N) is 2. The molecule has 1 aliphatic rings. The van der Waals surface area contributed by atoms with Crippen LogP contribution in [-0.2, 0) is 4.74 Å². The SMILES string of the molecule is CC(CN1CCOCC1)Nc1ccc(C(N)=S)cn1. The van der Waals surface area contributed by atoms with Gasteiger partial charge in [-0.15, -0.1) is 0 Å². The quantitative estimate of drug-likeness (QED) is 0.780. The van der Waals surface area contributed by atoms with Crippen molar-refractivity contribution in [3.63, 3.8) is 0 Å². The lowest BCUT2D eigenvalue weighted by Gasteiger charge is -2.29. The summed E-state index contributed by atoms with van der Waals surface area (Å²) < 4.78 is 5.34. The minimum absolute atomic E-state index is 0.335. The minimum atomic E-state index is 0.335. The zero-order valence-electron chi connectivity index (χ0n) is 11.1. The van der Waals surface area contributed by atoms with E-state index in [-0.39, 0.29) is 0 Å². The van der Waals surface area contributed by atoms with Gasteiger partial charge in [0.05, 0.1) is 13.2 Å². The van der Waals surface area contributed by atoms with Gasteiger partial charge < -0.3 is 15.8 Å². The Morgan fingerprint density at radius 3 is 2.84 bits per heavy atom. The summed E-state index contributed by atoms with van der Waals surface area (Å²) in [5.41, 5.74) is 6.33. The van der Waals surface area contributed by atoms with Gasteiger partial charge in [0.25, 0.3) is 0 Å². The van der Waals surface area contributed by atoms with Crippen molar-refractivity contribution in [1.82, 2.24) is 9.88 Å². The first kappa shape index (κ1) is 14.2. The van der Waals surface area contributed by atoms with E-state index in [2.05, 4.69) is 22.1 Å². The van der Waals surface area contributed by atoms with Crippen molar-refractivity contribution in [2.45, 2.75) is 13.0 Å². The molecule has 1 unspecified atom stereocenters. The van der Waals surface area contributed by atoms with E-state index < -0.39 is 0 Å². The number of hydrogen-bond acceptors (Lipinski definition) is 5. The molecule has 0 aliphatic carbocycles. The third-order valence-corrected chi connectivity index (χ3v) is 3.31. The summed E-state index contributed by atoms with van der Waals surface area (Å²) in [5, 5.41) is 3.38. The average molecular weight is 280 g/mol. The highest BCUT2D eigenvalue weighted by atomic mass is 32.1. The molecule has 19 heavy (non-hydrogen) atoms. The molecular weight excluding hydrogens is 260 g/mol. The topological polar surface area (TPSA) is 63.4 Å². The molecule has 3 N–H and O–H groups in total. The molecule has 2 heterocycles. The Labute approximate surface area is 119 Å². The minimum Gasteiger partial charge on any atom is -0.389 e. The van der Waals surface area contributed by atoms with Gasteiger partial charge in [0.2, 0.25) is 0 Å². The van der Waals surface area contributed by atoms with Gasteiger partial charge in [-0.3, -0.25) is 4.90 Å². The first-order chi connectivity index (χ1) is 9.15. The van der Waals surface area contributed by atoms with Gasteiger partial charge in [0.15, 0.2) is 0 Å². The van der Waals surface area contributed by atoms with Crippen LogP contribution in [0.25, 0.3) is 0 Å². The Kier molecular flexibility index (Phi) is 5.07. The maximum absolute atomic E-state index is 5.54. The van der Waals surface area contributed by atoms with Gasteiger partial charge in [-0.1, -0.05) is 12.2 Å². The average Bonchev–Trinajstić information content (AvgIpc) is 2.40. The number of rotatable bonds is 5. The van der Waals surface area contributed by atoms with E-state index in [1.54, 1.807) is 6.20 Å². The zero-order valence-corrected chi connectivity index (χ0v) is 11.9. The third kappa shape index (κ3) is 4.41. The van der Waals surface area contributed by atoms with Gasteiger partial charge in [0.1, 0.15) is 10.8 Å². The standard InChI is InChI=1S/C13H20N4OS/c1-10(9-17-4-6-18-7-5-17)16-12-3-2-11(8-15-12)13(14)19/h2-3,8,10H,4-7,9H2,1H3,(H2,14,19)(H,15,16). The maximum atomic E-state index is 5.54. The van der Waals surface area contributed by atoms with Crippen LogP contribution >= 0.6 is 12.2 Å². The van der Waals surface area contributed by atoms with Gasteiger partial charge in [-0.05, 0) is 19.1 Å². The number of anilines is 1. The number of nitrogens with one attached hydrogen (secondary N) is 1. The Morgan fingerprint density at radius 2 is 2.26 bits per heavy atom. The van der Waals surface area contributed by atoms with Gasteiger partial charge >= 0.3 is 0 Å². The summed E-state index contributed by atoms with van der Waals surface area (Å²) in [6.45, 7) is 6.79. The lowest BCUT2D eigenvalue weighted by Crippen LogP contribution is -2.42. The molecule has 0 aromatic carbocycles. The number of aromatic nitrogens is 1.